The maximum atomic E-state index is 2.69. The molecule has 1 heteroatoms. The van der Waals surface area contributed by atoms with Crippen molar-refractivity contribution < 1.29 is 0 Å². The van der Waals surface area contributed by atoms with Gasteiger partial charge in [0.1, 0.15) is 0 Å². The standard InChI is InChI=1S/C12H25N/c1-4-13-9-7-5-6-8-12(13)10-11(2)3/h11-12H,4-10H2,1-3H3. The van der Waals surface area contributed by atoms with Crippen molar-refractivity contribution >= 4 is 0 Å². The quantitative estimate of drug-likeness (QED) is 0.649. The van der Waals surface area contributed by atoms with Crippen LogP contribution < -0.4 is 0 Å². The first-order valence-corrected chi connectivity index (χ1v) is 5.98. The Balaban J connectivity index is 2.44. The molecule has 1 unspecified atom stereocenters. The van der Waals surface area contributed by atoms with Gasteiger partial charge in [0.05, 0.1) is 0 Å². The third-order valence-electron chi connectivity index (χ3n) is 3.15. The first-order valence-electron chi connectivity index (χ1n) is 5.98. The Hall–Kier alpha value is -0.0400. The van der Waals surface area contributed by atoms with E-state index in [1.54, 1.807) is 0 Å². The molecule has 1 atom stereocenters. The van der Waals surface area contributed by atoms with Gasteiger partial charge in [0.2, 0.25) is 0 Å². The van der Waals surface area contributed by atoms with Crippen LogP contribution in [-0.4, -0.2) is 24.0 Å². The fourth-order valence-corrected chi connectivity index (χ4v) is 2.46. The molecule has 0 aliphatic carbocycles. The predicted molar refractivity (Wildman–Crippen MR) is 59.0 cm³/mol. The summed E-state index contributed by atoms with van der Waals surface area (Å²) < 4.78 is 0. The first-order chi connectivity index (χ1) is 6.24. The van der Waals surface area contributed by atoms with E-state index in [4.69, 9.17) is 0 Å². The second-order valence-corrected chi connectivity index (χ2v) is 4.76. The second kappa shape index (κ2) is 5.64. The SMILES string of the molecule is CCN1CCCCCC1CC(C)C. The van der Waals surface area contributed by atoms with Gasteiger partial charge in [-0.15, -0.1) is 0 Å². The van der Waals surface area contributed by atoms with E-state index in [0.717, 1.165) is 12.0 Å². The van der Waals surface area contributed by atoms with Gasteiger partial charge >= 0.3 is 0 Å². The van der Waals surface area contributed by atoms with E-state index >= 15 is 0 Å². The second-order valence-electron chi connectivity index (χ2n) is 4.76. The smallest absolute Gasteiger partial charge is 0.00975 e. The Morgan fingerprint density at radius 3 is 2.62 bits per heavy atom. The average molecular weight is 183 g/mol. The third kappa shape index (κ3) is 3.68. The number of hydrogen-bond acceptors (Lipinski definition) is 1. The highest BCUT2D eigenvalue weighted by molar-refractivity contribution is 4.75. The molecule has 0 saturated carbocycles. The highest BCUT2D eigenvalue weighted by atomic mass is 15.1. The van der Waals surface area contributed by atoms with Crippen LogP contribution in [0.1, 0.15) is 52.9 Å². The van der Waals surface area contributed by atoms with E-state index in [2.05, 4.69) is 25.7 Å². The van der Waals surface area contributed by atoms with Gasteiger partial charge in [-0.2, -0.15) is 0 Å². The Morgan fingerprint density at radius 2 is 2.00 bits per heavy atom. The maximum Gasteiger partial charge on any atom is 0.00975 e. The fraction of sp³-hybridized carbons (Fsp3) is 1.00. The Morgan fingerprint density at radius 1 is 1.23 bits per heavy atom. The molecule has 0 amide bonds. The molecule has 0 spiro atoms. The monoisotopic (exact) mass is 183 g/mol. The van der Waals surface area contributed by atoms with E-state index < -0.39 is 0 Å². The number of nitrogens with zero attached hydrogens (tertiary/aromatic N) is 1. The summed E-state index contributed by atoms with van der Waals surface area (Å²) in [5, 5.41) is 0. The molecule has 1 aliphatic heterocycles. The van der Waals surface area contributed by atoms with Gasteiger partial charge in [-0.1, -0.05) is 33.6 Å². The molecule has 78 valence electrons. The van der Waals surface area contributed by atoms with Crippen LogP contribution in [0.5, 0.6) is 0 Å². The van der Waals surface area contributed by atoms with Crippen molar-refractivity contribution in [3.63, 3.8) is 0 Å². The van der Waals surface area contributed by atoms with E-state index in [1.807, 2.05) is 0 Å². The Kier molecular flexibility index (Phi) is 4.79. The minimum Gasteiger partial charge on any atom is -0.301 e. The van der Waals surface area contributed by atoms with Gasteiger partial charge in [-0.3, -0.25) is 0 Å². The van der Waals surface area contributed by atoms with Crippen LogP contribution in [0, 0.1) is 5.92 Å². The van der Waals surface area contributed by atoms with Crippen LogP contribution in [0.2, 0.25) is 0 Å². The molecule has 0 bridgehead atoms. The molecule has 0 radical (unpaired) electrons. The zero-order chi connectivity index (χ0) is 9.68. The molecule has 1 nitrogen and oxygen atoms in total. The maximum absolute atomic E-state index is 2.69. The topological polar surface area (TPSA) is 3.24 Å². The van der Waals surface area contributed by atoms with Crippen LogP contribution in [0.3, 0.4) is 0 Å². The summed E-state index contributed by atoms with van der Waals surface area (Å²) in [4.78, 5) is 2.69. The molecule has 1 aliphatic rings. The molecule has 1 fully saturated rings. The van der Waals surface area contributed by atoms with Gasteiger partial charge in [0.15, 0.2) is 0 Å². The lowest BCUT2D eigenvalue weighted by Gasteiger charge is -2.29. The molecule has 13 heavy (non-hydrogen) atoms. The van der Waals surface area contributed by atoms with Crippen LogP contribution >= 0.6 is 0 Å². The third-order valence-corrected chi connectivity index (χ3v) is 3.15. The molecule has 0 aromatic rings. The van der Waals surface area contributed by atoms with Gasteiger partial charge in [-0.05, 0) is 38.3 Å². The first kappa shape index (κ1) is 11.0. The van der Waals surface area contributed by atoms with Crippen molar-refractivity contribution in [2.75, 3.05) is 13.1 Å². The summed E-state index contributed by atoms with van der Waals surface area (Å²) in [6.07, 6.45) is 7.15. The Bertz CT molecular complexity index is 131. The summed E-state index contributed by atoms with van der Waals surface area (Å²) >= 11 is 0. The summed E-state index contributed by atoms with van der Waals surface area (Å²) in [5.41, 5.74) is 0. The normalized spacial score (nSPS) is 26.3. The zero-order valence-corrected chi connectivity index (χ0v) is 9.55. The molecule has 0 N–H and O–H groups in total. The summed E-state index contributed by atoms with van der Waals surface area (Å²) in [6, 6.07) is 0.882. The van der Waals surface area contributed by atoms with E-state index in [1.165, 1.54) is 45.2 Å². The zero-order valence-electron chi connectivity index (χ0n) is 9.55. The predicted octanol–water partition coefficient (Wildman–Crippen LogP) is 3.30. The van der Waals surface area contributed by atoms with Gasteiger partial charge in [-0.25, -0.2) is 0 Å². The van der Waals surface area contributed by atoms with Crippen LogP contribution in [-0.2, 0) is 0 Å². The van der Waals surface area contributed by atoms with Gasteiger partial charge in [0, 0.05) is 6.04 Å². The molecular formula is C12H25N. The minimum absolute atomic E-state index is 0.858. The lowest BCUT2D eigenvalue weighted by atomic mass is 9.99. The average Bonchev–Trinajstić information content (AvgIpc) is 2.28. The van der Waals surface area contributed by atoms with Crippen LogP contribution in [0.4, 0.5) is 0 Å². The van der Waals surface area contributed by atoms with E-state index in [-0.39, 0.29) is 0 Å². The van der Waals surface area contributed by atoms with Crippen molar-refractivity contribution in [1.29, 1.82) is 0 Å². The number of likely N-dealkylation sites (tertiary alicyclic amines) is 1. The molecule has 1 heterocycles. The van der Waals surface area contributed by atoms with Gasteiger partial charge in [0.25, 0.3) is 0 Å². The largest absolute Gasteiger partial charge is 0.301 e. The molecule has 0 aromatic heterocycles. The van der Waals surface area contributed by atoms with Crippen molar-refractivity contribution in [3.8, 4) is 0 Å². The highest BCUT2D eigenvalue weighted by Crippen LogP contribution is 2.21. The minimum atomic E-state index is 0.858. The van der Waals surface area contributed by atoms with Crippen molar-refractivity contribution in [3.05, 3.63) is 0 Å². The number of hydrogen-bond donors (Lipinski definition) is 0. The fourth-order valence-electron chi connectivity index (χ4n) is 2.46. The number of rotatable bonds is 3. The van der Waals surface area contributed by atoms with Crippen LogP contribution in [0.15, 0.2) is 0 Å². The van der Waals surface area contributed by atoms with Crippen molar-refractivity contribution in [1.82, 2.24) is 4.90 Å². The summed E-state index contributed by atoms with van der Waals surface area (Å²) in [5.74, 6) is 0.858. The van der Waals surface area contributed by atoms with Gasteiger partial charge < -0.3 is 4.90 Å². The lowest BCUT2D eigenvalue weighted by Crippen LogP contribution is -2.35. The molecule has 1 saturated heterocycles. The van der Waals surface area contributed by atoms with E-state index in [9.17, 15) is 0 Å². The van der Waals surface area contributed by atoms with E-state index in [0.29, 0.717) is 0 Å². The van der Waals surface area contributed by atoms with Crippen molar-refractivity contribution in [2.24, 2.45) is 5.92 Å². The Labute approximate surface area is 83.5 Å². The van der Waals surface area contributed by atoms with Crippen LogP contribution in [0.25, 0.3) is 0 Å². The lowest BCUT2D eigenvalue weighted by molar-refractivity contribution is 0.185. The highest BCUT2D eigenvalue weighted by Gasteiger charge is 2.19. The van der Waals surface area contributed by atoms with Crippen molar-refractivity contribution in [2.45, 2.75) is 58.9 Å². The summed E-state index contributed by atoms with van der Waals surface area (Å²) in [7, 11) is 0. The molecule has 0 aromatic carbocycles. The molecular weight excluding hydrogens is 158 g/mol. The summed E-state index contributed by atoms with van der Waals surface area (Å²) in [6.45, 7) is 9.58. The molecule has 1 rings (SSSR count).